The van der Waals surface area contributed by atoms with Gasteiger partial charge in [0.25, 0.3) is 0 Å². The number of fused-ring (bicyclic) bond motifs is 1. The second-order valence-corrected chi connectivity index (χ2v) is 5.82. The second kappa shape index (κ2) is 8.55. The van der Waals surface area contributed by atoms with Gasteiger partial charge in [0.1, 0.15) is 11.6 Å². The van der Waals surface area contributed by atoms with Crippen molar-refractivity contribution in [2.24, 2.45) is 0 Å². The lowest BCUT2D eigenvalue weighted by atomic mass is 10.2. The van der Waals surface area contributed by atoms with E-state index in [1.54, 1.807) is 12.3 Å². The second-order valence-electron chi connectivity index (χ2n) is 5.82. The first-order valence-electron chi connectivity index (χ1n) is 8.00. The Hall–Kier alpha value is -3.37. The van der Waals surface area contributed by atoms with Gasteiger partial charge in [0.05, 0.1) is 0 Å². The Morgan fingerprint density at radius 2 is 1.79 bits per heavy atom. The zero-order valence-corrected chi connectivity index (χ0v) is 14.7. The molecule has 0 fully saturated rings. The number of likely N-dealkylation sites (N-methyl/N-ethyl adjacent to an activating group) is 1. The minimum absolute atomic E-state index is 0.0662. The van der Waals surface area contributed by atoms with Crippen molar-refractivity contribution in [3.05, 3.63) is 47.8 Å². The summed E-state index contributed by atoms with van der Waals surface area (Å²) in [6, 6.07) is 9.03. The summed E-state index contributed by atoms with van der Waals surface area (Å²) in [5.74, 6) is -2.12. The standard InChI is InChI=1S/C15H16N4O2.C2HF3O2/c1-18-8-9-19(10-11-4-3-7-16-14(11)18)13-6-2-5-12(17-13)15(20)21;3-2(4,5)1(6)7/h2-7H,8-10H2,1H3,(H,20,21);(H,6,7). The van der Waals surface area contributed by atoms with Crippen LogP contribution < -0.4 is 9.80 Å². The zero-order valence-electron chi connectivity index (χ0n) is 14.7. The van der Waals surface area contributed by atoms with Crippen LogP contribution in [0.25, 0.3) is 0 Å². The van der Waals surface area contributed by atoms with Crippen molar-refractivity contribution in [2.75, 3.05) is 29.9 Å². The van der Waals surface area contributed by atoms with Crippen molar-refractivity contribution < 1.29 is 33.0 Å². The predicted octanol–water partition coefficient (Wildman–Crippen LogP) is 2.26. The van der Waals surface area contributed by atoms with Gasteiger partial charge in [0.2, 0.25) is 0 Å². The third-order valence-electron chi connectivity index (χ3n) is 3.82. The molecule has 0 atom stereocenters. The first kappa shape index (κ1) is 20.9. The molecule has 0 saturated heterocycles. The van der Waals surface area contributed by atoms with Gasteiger partial charge in [-0.25, -0.2) is 19.6 Å². The Kier molecular flexibility index (Phi) is 6.39. The number of pyridine rings is 2. The normalized spacial score (nSPS) is 13.7. The summed E-state index contributed by atoms with van der Waals surface area (Å²) in [4.78, 5) is 32.8. The molecule has 0 aromatic carbocycles. The van der Waals surface area contributed by atoms with Crippen LogP contribution in [0.15, 0.2) is 36.5 Å². The number of aromatic carboxylic acids is 1. The largest absolute Gasteiger partial charge is 0.490 e. The van der Waals surface area contributed by atoms with E-state index in [1.807, 2.05) is 25.2 Å². The highest BCUT2D eigenvalue weighted by Crippen LogP contribution is 2.24. The number of hydrogen-bond acceptors (Lipinski definition) is 6. The van der Waals surface area contributed by atoms with Gasteiger partial charge >= 0.3 is 18.1 Å². The lowest BCUT2D eigenvalue weighted by Crippen LogP contribution is -2.30. The molecule has 0 bridgehead atoms. The Balaban J connectivity index is 0.000000345. The first-order chi connectivity index (χ1) is 13.1. The van der Waals surface area contributed by atoms with Crippen molar-refractivity contribution in [3.8, 4) is 0 Å². The van der Waals surface area contributed by atoms with Crippen molar-refractivity contribution in [3.63, 3.8) is 0 Å². The van der Waals surface area contributed by atoms with E-state index in [1.165, 1.54) is 6.07 Å². The van der Waals surface area contributed by atoms with Crippen LogP contribution in [0.5, 0.6) is 0 Å². The number of alkyl halides is 3. The molecule has 28 heavy (non-hydrogen) atoms. The van der Waals surface area contributed by atoms with Crippen LogP contribution >= 0.6 is 0 Å². The number of carbonyl (C=O) groups is 2. The lowest BCUT2D eigenvalue weighted by Gasteiger charge is -2.22. The molecular weight excluding hydrogens is 381 g/mol. The van der Waals surface area contributed by atoms with E-state index in [0.717, 1.165) is 24.5 Å². The van der Waals surface area contributed by atoms with Gasteiger partial charge in [0.15, 0.2) is 5.69 Å². The quantitative estimate of drug-likeness (QED) is 0.794. The van der Waals surface area contributed by atoms with Gasteiger partial charge < -0.3 is 20.0 Å². The van der Waals surface area contributed by atoms with E-state index < -0.39 is 18.1 Å². The maximum atomic E-state index is 11.1. The van der Waals surface area contributed by atoms with Crippen LogP contribution in [0, 0.1) is 0 Å². The summed E-state index contributed by atoms with van der Waals surface area (Å²) in [6.45, 7) is 2.25. The molecule has 0 radical (unpaired) electrons. The molecule has 0 aliphatic carbocycles. The van der Waals surface area contributed by atoms with Crippen LogP contribution in [0.1, 0.15) is 16.1 Å². The molecule has 0 saturated carbocycles. The molecule has 0 unspecified atom stereocenters. The van der Waals surface area contributed by atoms with Gasteiger partial charge in [0, 0.05) is 38.4 Å². The van der Waals surface area contributed by atoms with Crippen molar-refractivity contribution >= 4 is 23.6 Å². The smallest absolute Gasteiger partial charge is 0.477 e. The molecule has 0 spiro atoms. The molecule has 3 rings (SSSR count). The molecule has 2 aromatic rings. The molecule has 2 aromatic heterocycles. The molecule has 1 aliphatic heterocycles. The van der Waals surface area contributed by atoms with E-state index in [9.17, 15) is 18.0 Å². The number of aromatic nitrogens is 2. The summed E-state index contributed by atoms with van der Waals surface area (Å²) in [7, 11) is 2.01. The van der Waals surface area contributed by atoms with Crippen molar-refractivity contribution in [2.45, 2.75) is 12.7 Å². The van der Waals surface area contributed by atoms with Gasteiger partial charge in [-0.05, 0) is 18.2 Å². The molecule has 8 nitrogen and oxygen atoms in total. The highest BCUT2D eigenvalue weighted by Gasteiger charge is 2.38. The Bertz CT molecular complexity index is 860. The minimum Gasteiger partial charge on any atom is -0.477 e. The van der Waals surface area contributed by atoms with Gasteiger partial charge in [-0.15, -0.1) is 0 Å². The topological polar surface area (TPSA) is 107 Å². The number of aliphatic carboxylic acids is 1. The number of hydrogen-bond donors (Lipinski definition) is 2. The summed E-state index contributed by atoms with van der Waals surface area (Å²) in [5.41, 5.74) is 1.18. The summed E-state index contributed by atoms with van der Waals surface area (Å²) in [6.07, 6.45) is -3.30. The van der Waals surface area contributed by atoms with Crippen LogP contribution in [0.4, 0.5) is 24.8 Å². The average Bonchev–Trinajstić information content (AvgIpc) is 2.81. The molecule has 11 heteroatoms. The third kappa shape index (κ3) is 5.32. The molecule has 0 amide bonds. The minimum atomic E-state index is -5.08. The monoisotopic (exact) mass is 398 g/mol. The fourth-order valence-corrected chi connectivity index (χ4v) is 2.47. The van der Waals surface area contributed by atoms with E-state index in [4.69, 9.17) is 15.0 Å². The highest BCUT2D eigenvalue weighted by atomic mass is 19.4. The number of halogens is 3. The Labute approximate surface area is 157 Å². The SMILES string of the molecule is CN1CCN(c2cccc(C(=O)O)n2)Cc2cccnc21.O=C(O)C(F)(F)F. The molecule has 2 N–H and O–H groups in total. The number of anilines is 2. The maximum absolute atomic E-state index is 11.1. The van der Waals surface area contributed by atoms with Crippen molar-refractivity contribution in [1.82, 2.24) is 9.97 Å². The Morgan fingerprint density at radius 3 is 2.39 bits per heavy atom. The fourth-order valence-electron chi connectivity index (χ4n) is 2.47. The Morgan fingerprint density at radius 1 is 1.11 bits per heavy atom. The predicted molar refractivity (Wildman–Crippen MR) is 93.4 cm³/mol. The van der Waals surface area contributed by atoms with Gasteiger partial charge in [-0.3, -0.25) is 0 Å². The number of carboxylic acids is 2. The van der Waals surface area contributed by atoms with Gasteiger partial charge in [-0.2, -0.15) is 13.2 Å². The third-order valence-corrected chi connectivity index (χ3v) is 3.82. The summed E-state index contributed by atoms with van der Waals surface area (Å²) in [5, 5.41) is 16.2. The van der Waals surface area contributed by atoms with Crippen LogP contribution in [-0.4, -0.2) is 58.4 Å². The zero-order chi connectivity index (χ0) is 20.9. The first-order valence-corrected chi connectivity index (χ1v) is 8.00. The molecular formula is C17H17F3N4O4. The number of carboxylic acid groups (broad SMARTS) is 2. The van der Waals surface area contributed by atoms with E-state index >= 15 is 0 Å². The average molecular weight is 398 g/mol. The van der Waals surface area contributed by atoms with E-state index in [2.05, 4.69) is 19.8 Å². The van der Waals surface area contributed by atoms with E-state index in [0.29, 0.717) is 12.4 Å². The number of nitrogens with zero attached hydrogens (tertiary/aromatic N) is 4. The summed E-state index contributed by atoms with van der Waals surface area (Å²) >= 11 is 0. The molecule has 150 valence electrons. The molecule has 3 heterocycles. The highest BCUT2D eigenvalue weighted by molar-refractivity contribution is 5.85. The van der Waals surface area contributed by atoms with Crippen LogP contribution in [0.2, 0.25) is 0 Å². The maximum Gasteiger partial charge on any atom is 0.490 e. The van der Waals surface area contributed by atoms with Crippen molar-refractivity contribution in [1.29, 1.82) is 0 Å². The van der Waals surface area contributed by atoms with E-state index in [-0.39, 0.29) is 5.69 Å². The molecule has 1 aliphatic rings. The fraction of sp³-hybridized carbons (Fsp3) is 0.294. The lowest BCUT2D eigenvalue weighted by molar-refractivity contribution is -0.192. The number of rotatable bonds is 2. The van der Waals surface area contributed by atoms with Crippen LogP contribution in [0.3, 0.4) is 0 Å². The summed E-state index contributed by atoms with van der Waals surface area (Å²) < 4.78 is 31.7. The van der Waals surface area contributed by atoms with Crippen LogP contribution in [-0.2, 0) is 11.3 Å². The van der Waals surface area contributed by atoms with Gasteiger partial charge in [-0.1, -0.05) is 12.1 Å².